The topological polar surface area (TPSA) is 54.7 Å². The van der Waals surface area contributed by atoms with Crippen LogP contribution in [0.5, 0.6) is 0 Å². The van der Waals surface area contributed by atoms with Crippen molar-refractivity contribution >= 4 is 29.0 Å². The molecule has 27 heavy (non-hydrogen) atoms. The van der Waals surface area contributed by atoms with Crippen molar-refractivity contribution in [1.29, 1.82) is 0 Å². The summed E-state index contributed by atoms with van der Waals surface area (Å²) < 4.78 is 47.3. The molecular weight excluding hydrogens is 383 g/mol. The second-order valence-corrected chi connectivity index (χ2v) is 6.52. The second kappa shape index (κ2) is 7.67. The van der Waals surface area contributed by atoms with Crippen LogP contribution in [0.4, 0.5) is 24.5 Å². The lowest BCUT2D eigenvalue weighted by atomic mass is 10.2. The van der Waals surface area contributed by atoms with E-state index in [9.17, 15) is 13.2 Å². The van der Waals surface area contributed by atoms with Crippen molar-refractivity contribution in [2.24, 2.45) is 4.99 Å². The van der Waals surface area contributed by atoms with Crippen LogP contribution in [-0.4, -0.2) is 41.9 Å². The zero-order valence-corrected chi connectivity index (χ0v) is 15.6. The van der Waals surface area contributed by atoms with Gasteiger partial charge in [0.2, 0.25) is 0 Å². The number of hydrogen-bond donors (Lipinski definition) is 1. The third-order valence-corrected chi connectivity index (χ3v) is 4.34. The summed E-state index contributed by atoms with van der Waals surface area (Å²) in [5.41, 5.74) is 1.66. The zero-order valence-electron chi connectivity index (χ0n) is 14.8. The third kappa shape index (κ3) is 4.47. The number of anilines is 2. The maximum atomic E-state index is 14.3. The van der Waals surface area contributed by atoms with Gasteiger partial charge in [-0.2, -0.15) is 5.10 Å². The summed E-state index contributed by atoms with van der Waals surface area (Å²) in [4.78, 5) is 5.01. The average molecular weight is 402 g/mol. The lowest BCUT2D eigenvalue weighted by Gasteiger charge is -2.28. The van der Waals surface area contributed by atoms with Gasteiger partial charge in [0.1, 0.15) is 18.5 Å². The number of aromatic nitrogens is 2. The van der Waals surface area contributed by atoms with E-state index in [2.05, 4.69) is 15.4 Å². The fraction of sp³-hybridized carbons (Fsp3) is 0.412. The third-order valence-electron chi connectivity index (χ3n) is 4.03. The van der Waals surface area contributed by atoms with E-state index in [4.69, 9.17) is 16.3 Å². The lowest BCUT2D eigenvalue weighted by Crippen LogP contribution is -2.40. The first-order valence-corrected chi connectivity index (χ1v) is 8.76. The number of benzene rings is 1. The molecule has 10 heteroatoms. The zero-order chi connectivity index (χ0) is 19.6. The van der Waals surface area contributed by atoms with Crippen molar-refractivity contribution in [1.82, 2.24) is 9.78 Å². The molecule has 6 nitrogen and oxygen atoms in total. The standard InChI is InChI=1S/C17H19ClF3N5O/c1-11(26-8-12(6-18)7-23-26)24-13-3-4-14(19)15(5-13)25(2)16-22-9-17(20,21)10-27-16/h3-5,7-8,11,24H,6,9-10H2,1-2H3/t11-/m1/s1. The lowest BCUT2D eigenvalue weighted by molar-refractivity contribution is -0.0464. The minimum absolute atomic E-state index is 0.0520. The largest absolute Gasteiger partial charge is 0.458 e. The van der Waals surface area contributed by atoms with E-state index in [1.807, 2.05) is 13.1 Å². The molecule has 0 amide bonds. The molecule has 0 spiro atoms. The highest BCUT2D eigenvalue weighted by Gasteiger charge is 2.35. The fourth-order valence-corrected chi connectivity index (χ4v) is 2.71. The van der Waals surface area contributed by atoms with Crippen molar-refractivity contribution in [3.8, 4) is 0 Å². The normalized spacial score (nSPS) is 17.0. The van der Waals surface area contributed by atoms with Gasteiger partial charge in [0, 0.05) is 24.5 Å². The molecule has 0 unspecified atom stereocenters. The molecule has 0 saturated carbocycles. The maximum Gasteiger partial charge on any atom is 0.300 e. The monoisotopic (exact) mass is 401 g/mol. The Morgan fingerprint density at radius 1 is 1.44 bits per heavy atom. The number of nitrogens with zero attached hydrogens (tertiary/aromatic N) is 4. The van der Waals surface area contributed by atoms with Gasteiger partial charge in [0.05, 0.1) is 17.8 Å². The van der Waals surface area contributed by atoms with Crippen LogP contribution in [0.3, 0.4) is 0 Å². The van der Waals surface area contributed by atoms with Crippen molar-refractivity contribution in [2.45, 2.75) is 24.9 Å². The van der Waals surface area contributed by atoms with Crippen molar-refractivity contribution in [3.63, 3.8) is 0 Å². The Hall–Kier alpha value is -2.42. The van der Waals surface area contributed by atoms with Gasteiger partial charge in [0.25, 0.3) is 6.02 Å². The molecule has 3 rings (SSSR count). The summed E-state index contributed by atoms with van der Waals surface area (Å²) >= 11 is 5.78. The van der Waals surface area contributed by atoms with Gasteiger partial charge in [-0.05, 0) is 25.1 Å². The molecule has 1 aromatic heterocycles. The summed E-state index contributed by atoms with van der Waals surface area (Å²) in [5, 5.41) is 7.42. The van der Waals surface area contributed by atoms with Crippen LogP contribution in [0, 0.1) is 5.82 Å². The highest BCUT2D eigenvalue weighted by atomic mass is 35.5. The molecule has 0 fully saturated rings. The first kappa shape index (κ1) is 19.3. The van der Waals surface area contributed by atoms with Crippen LogP contribution >= 0.6 is 11.6 Å². The Balaban J connectivity index is 1.77. The quantitative estimate of drug-likeness (QED) is 0.773. The minimum Gasteiger partial charge on any atom is -0.458 e. The number of rotatable bonds is 5. The number of aliphatic imine (C=N–C) groups is 1. The van der Waals surface area contributed by atoms with E-state index in [1.165, 1.54) is 18.0 Å². The van der Waals surface area contributed by atoms with Crippen LogP contribution in [0.2, 0.25) is 0 Å². The van der Waals surface area contributed by atoms with Gasteiger partial charge in [-0.1, -0.05) is 0 Å². The highest BCUT2D eigenvalue weighted by molar-refractivity contribution is 6.17. The van der Waals surface area contributed by atoms with Crippen LogP contribution in [-0.2, 0) is 10.6 Å². The number of alkyl halides is 3. The van der Waals surface area contributed by atoms with Crippen LogP contribution in [0.25, 0.3) is 0 Å². The van der Waals surface area contributed by atoms with E-state index in [0.717, 1.165) is 5.56 Å². The first-order chi connectivity index (χ1) is 12.8. The molecule has 1 N–H and O–H groups in total. The van der Waals surface area contributed by atoms with E-state index in [0.29, 0.717) is 11.6 Å². The molecule has 146 valence electrons. The van der Waals surface area contributed by atoms with Crippen molar-refractivity contribution in [3.05, 3.63) is 42.0 Å². The summed E-state index contributed by atoms with van der Waals surface area (Å²) in [7, 11) is 1.51. The molecule has 0 radical (unpaired) electrons. The van der Waals surface area contributed by atoms with E-state index in [-0.39, 0.29) is 17.9 Å². The number of ether oxygens (including phenoxy) is 1. The number of hydrogen-bond acceptors (Lipinski definition) is 5. The van der Waals surface area contributed by atoms with Crippen molar-refractivity contribution in [2.75, 3.05) is 30.4 Å². The van der Waals surface area contributed by atoms with Crippen molar-refractivity contribution < 1.29 is 17.9 Å². The second-order valence-electron chi connectivity index (χ2n) is 6.25. The SMILES string of the molecule is C[C@H](Nc1ccc(F)c(N(C)C2=NCC(F)(F)CO2)c1)n1cc(CCl)cn1. The molecule has 2 aromatic rings. The molecule has 1 aromatic carbocycles. The summed E-state index contributed by atoms with van der Waals surface area (Å²) in [6, 6.07) is 4.36. The number of nitrogens with one attached hydrogen (secondary N) is 1. The molecule has 1 aliphatic heterocycles. The molecule has 0 saturated heterocycles. The molecule has 1 aliphatic rings. The van der Waals surface area contributed by atoms with Crippen LogP contribution in [0.1, 0.15) is 18.7 Å². The van der Waals surface area contributed by atoms with Gasteiger partial charge in [0.15, 0.2) is 6.61 Å². The first-order valence-electron chi connectivity index (χ1n) is 8.23. The van der Waals surface area contributed by atoms with Gasteiger partial charge >= 0.3 is 5.92 Å². The molecule has 1 atom stereocenters. The smallest absolute Gasteiger partial charge is 0.300 e. The van der Waals surface area contributed by atoms with Gasteiger partial charge in [-0.15, -0.1) is 11.6 Å². The van der Waals surface area contributed by atoms with E-state index >= 15 is 0 Å². The van der Waals surface area contributed by atoms with Crippen LogP contribution < -0.4 is 10.2 Å². The Bertz CT molecular complexity index is 842. The summed E-state index contributed by atoms with van der Waals surface area (Å²) in [5.74, 6) is -3.17. The van der Waals surface area contributed by atoms with Gasteiger partial charge < -0.3 is 10.1 Å². The molecule has 0 aliphatic carbocycles. The minimum atomic E-state index is -3.01. The van der Waals surface area contributed by atoms with Crippen LogP contribution in [0.15, 0.2) is 35.6 Å². The fourth-order valence-electron chi connectivity index (χ4n) is 2.58. The predicted octanol–water partition coefficient (Wildman–Crippen LogP) is 3.85. The van der Waals surface area contributed by atoms with Gasteiger partial charge in [-0.25, -0.2) is 18.2 Å². The Labute approximate surface area is 159 Å². The maximum absolute atomic E-state index is 14.3. The Morgan fingerprint density at radius 3 is 2.85 bits per heavy atom. The number of amidine groups is 1. The Morgan fingerprint density at radius 2 is 2.22 bits per heavy atom. The highest BCUT2D eigenvalue weighted by Crippen LogP contribution is 2.27. The number of halogens is 4. The Kier molecular flexibility index (Phi) is 5.50. The van der Waals surface area contributed by atoms with E-state index in [1.54, 1.807) is 23.0 Å². The molecule has 2 heterocycles. The molecule has 0 bridgehead atoms. The predicted molar refractivity (Wildman–Crippen MR) is 98.1 cm³/mol. The summed E-state index contributed by atoms with van der Waals surface area (Å²) in [6.07, 6.45) is 3.27. The average Bonchev–Trinajstić information content (AvgIpc) is 3.12. The van der Waals surface area contributed by atoms with Gasteiger partial charge in [-0.3, -0.25) is 9.58 Å². The molecular formula is C17H19ClF3N5O. The summed E-state index contributed by atoms with van der Waals surface area (Å²) in [6.45, 7) is 0.411. The van der Waals surface area contributed by atoms with E-state index < -0.39 is 24.9 Å².